The van der Waals surface area contributed by atoms with Crippen LogP contribution in [-0.2, 0) is 6.54 Å². The normalized spacial score (nSPS) is 12.2. The van der Waals surface area contributed by atoms with Crippen LogP contribution in [0.2, 0.25) is 0 Å². The molecule has 0 aromatic heterocycles. The van der Waals surface area contributed by atoms with Gasteiger partial charge < -0.3 is 10.1 Å². The fraction of sp³-hybridized carbons (Fsp3) is 0.294. The number of halogens is 1. The molecule has 2 rings (SSSR count). The minimum absolute atomic E-state index is 0.233. The second kappa shape index (κ2) is 6.91. The molecule has 0 bridgehead atoms. The van der Waals surface area contributed by atoms with E-state index in [1.807, 2.05) is 12.1 Å². The summed E-state index contributed by atoms with van der Waals surface area (Å²) in [6, 6.07) is 14.8. The molecule has 2 aromatic rings. The van der Waals surface area contributed by atoms with Crippen LogP contribution in [0.4, 0.5) is 0 Å². The number of hydrogen-bond donors (Lipinski definition) is 1. The minimum atomic E-state index is 0.233. The van der Waals surface area contributed by atoms with E-state index in [4.69, 9.17) is 4.74 Å². The van der Waals surface area contributed by atoms with Gasteiger partial charge >= 0.3 is 0 Å². The molecule has 0 aliphatic heterocycles. The molecule has 2 nitrogen and oxygen atoms in total. The van der Waals surface area contributed by atoms with Gasteiger partial charge in [-0.1, -0.05) is 51.8 Å². The van der Waals surface area contributed by atoms with E-state index < -0.39 is 0 Å². The predicted molar refractivity (Wildman–Crippen MR) is 87.1 cm³/mol. The maximum Gasteiger partial charge on any atom is 0.123 e. The fourth-order valence-electron chi connectivity index (χ4n) is 2.21. The second-order valence-electron chi connectivity index (χ2n) is 4.94. The topological polar surface area (TPSA) is 21.3 Å². The van der Waals surface area contributed by atoms with Crippen LogP contribution in [0.25, 0.3) is 0 Å². The largest absolute Gasteiger partial charge is 0.496 e. The lowest BCUT2D eigenvalue weighted by Crippen LogP contribution is -2.19. The lowest BCUT2D eigenvalue weighted by molar-refractivity contribution is 0.401. The molecule has 106 valence electrons. The zero-order valence-electron chi connectivity index (χ0n) is 12.1. The summed E-state index contributed by atoms with van der Waals surface area (Å²) in [5.41, 5.74) is 3.70. The molecule has 0 aliphatic carbocycles. The second-order valence-corrected chi connectivity index (χ2v) is 5.79. The van der Waals surface area contributed by atoms with Crippen LogP contribution in [0.1, 0.15) is 29.7 Å². The van der Waals surface area contributed by atoms with Crippen molar-refractivity contribution in [2.75, 3.05) is 7.11 Å². The summed E-state index contributed by atoms with van der Waals surface area (Å²) in [6.45, 7) is 5.08. The van der Waals surface area contributed by atoms with Gasteiger partial charge in [0.15, 0.2) is 0 Å². The summed E-state index contributed by atoms with van der Waals surface area (Å²) in [7, 11) is 1.72. The van der Waals surface area contributed by atoms with Gasteiger partial charge in [-0.3, -0.25) is 0 Å². The Morgan fingerprint density at radius 2 is 1.95 bits per heavy atom. The van der Waals surface area contributed by atoms with Crippen LogP contribution in [0.3, 0.4) is 0 Å². The molecule has 0 heterocycles. The Bertz CT molecular complexity index is 583. The van der Waals surface area contributed by atoms with E-state index in [0.717, 1.165) is 16.8 Å². The predicted octanol–water partition coefficient (Wildman–Crippen LogP) is 4.62. The minimum Gasteiger partial charge on any atom is -0.496 e. The Hall–Kier alpha value is -1.32. The number of benzene rings is 2. The molecule has 0 saturated carbocycles. The summed E-state index contributed by atoms with van der Waals surface area (Å²) >= 11 is 3.58. The van der Waals surface area contributed by atoms with Crippen molar-refractivity contribution < 1.29 is 4.74 Å². The molecular formula is C17H20BrNO. The molecule has 0 radical (unpaired) electrons. The number of methoxy groups -OCH3 is 1. The van der Waals surface area contributed by atoms with E-state index >= 15 is 0 Å². The van der Waals surface area contributed by atoms with Gasteiger partial charge in [0.05, 0.1) is 7.11 Å². The van der Waals surface area contributed by atoms with Gasteiger partial charge in [-0.25, -0.2) is 0 Å². The molecule has 0 fully saturated rings. The third kappa shape index (κ3) is 3.62. The van der Waals surface area contributed by atoms with E-state index in [9.17, 15) is 0 Å². The van der Waals surface area contributed by atoms with Gasteiger partial charge in [-0.15, -0.1) is 0 Å². The standard InChI is InChI=1S/C17H20BrNO/c1-12-8-9-17(20-3)15(10-12)13(2)19-11-14-6-4-5-7-16(14)18/h4-10,13,19H,11H2,1-3H3. The highest BCUT2D eigenvalue weighted by atomic mass is 79.9. The van der Waals surface area contributed by atoms with Crippen molar-refractivity contribution in [3.63, 3.8) is 0 Å². The lowest BCUT2D eigenvalue weighted by atomic mass is 10.0. The van der Waals surface area contributed by atoms with Crippen molar-refractivity contribution in [1.82, 2.24) is 5.32 Å². The summed E-state index contributed by atoms with van der Waals surface area (Å²) in [6.07, 6.45) is 0. The highest BCUT2D eigenvalue weighted by Crippen LogP contribution is 2.26. The highest BCUT2D eigenvalue weighted by Gasteiger charge is 2.11. The van der Waals surface area contributed by atoms with Crippen molar-refractivity contribution >= 4 is 15.9 Å². The number of hydrogen-bond acceptors (Lipinski definition) is 2. The van der Waals surface area contributed by atoms with E-state index in [2.05, 4.69) is 65.4 Å². The van der Waals surface area contributed by atoms with Gasteiger partial charge in [0.2, 0.25) is 0 Å². The Kier molecular flexibility index (Phi) is 5.21. The van der Waals surface area contributed by atoms with E-state index in [1.54, 1.807) is 7.11 Å². The zero-order chi connectivity index (χ0) is 14.5. The lowest BCUT2D eigenvalue weighted by Gasteiger charge is -2.18. The number of nitrogens with one attached hydrogen (secondary N) is 1. The third-order valence-corrected chi connectivity index (χ3v) is 4.18. The van der Waals surface area contributed by atoms with Crippen molar-refractivity contribution in [2.45, 2.75) is 26.4 Å². The smallest absolute Gasteiger partial charge is 0.123 e. The SMILES string of the molecule is COc1ccc(C)cc1C(C)NCc1ccccc1Br. The van der Waals surface area contributed by atoms with Crippen LogP contribution < -0.4 is 10.1 Å². The Balaban J connectivity index is 2.11. The molecule has 0 saturated heterocycles. The first-order valence-corrected chi connectivity index (χ1v) is 7.52. The summed E-state index contributed by atoms with van der Waals surface area (Å²) in [5, 5.41) is 3.55. The summed E-state index contributed by atoms with van der Waals surface area (Å²) in [5.74, 6) is 0.933. The van der Waals surface area contributed by atoms with Crippen LogP contribution in [-0.4, -0.2) is 7.11 Å². The Morgan fingerprint density at radius 3 is 2.65 bits per heavy atom. The number of aryl methyl sites for hydroxylation is 1. The van der Waals surface area contributed by atoms with Gasteiger partial charge in [0.1, 0.15) is 5.75 Å². The molecule has 1 atom stereocenters. The van der Waals surface area contributed by atoms with Crippen molar-refractivity contribution in [3.8, 4) is 5.75 Å². The molecule has 3 heteroatoms. The molecule has 20 heavy (non-hydrogen) atoms. The summed E-state index contributed by atoms with van der Waals surface area (Å²) < 4.78 is 6.58. The third-order valence-electron chi connectivity index (χ3n) is 3.41. The first-order chi connectivity index (χ1) is 9.61. The van der Waals surface area contributed by atoms with Crippen LogP contribution in [0.5, 0.6) is 5.75 Å². The van der Waals surface area contributed by atoms with E-state index in [1.165, 1.54) is 16.7 Å². The maximum atomic E-state index is 5.45. The first kappa shape index (κ1) is 15.1. The van der Waals surface area contributed by atoms with Gasteiger partial charge in [-0.05, 0) is 31.5 Å². The van der Waals surface area contributed by atoms with Crippen molar-refractivity contribution in [3.05, 3.63) is 63.6 Å². The summed E-state index contributed by atoms with van der Waals surface area (Å²) in [4.78, 5) is 0. The number of ether oxygens (including phenoxy) is 1. The maximum absolute atomic E-state index is 5.45. The van der Waals surface area contributed by atoms with Gasteiger partial charge in [-0.2, -0.15) is 0 Å². The first-order valence-electron chi connectivity index (χ1n) is 6.73. The quantitative estimate of drug-likeness (QED) is 0.862. The molecule has 1 unspecified atom stereocenters. The molecule has 0 aliphatic rings. The van der Waals surface area contributed by atoms with Gasteiger partial charge in [0.25, 0.3) is 0 Å². The highest BCUT2D eigenvalue weighted by molar-refractivity contribution is 9.10. The molecule has 1 N–H and O–H groups in total. The average Bonchev–Trinajstić information content (AvgIpc) is 2.46. The van der Waals surface area contributed by atoms with Gasteiger partial charge in [0, 0.05) is 22.6 Å². The number of rotatable bonds is 5. The van der Waals surface area contributed by atoms with Crippen LogP contribution in [0.15, 0.2) is 46.9 Å². The van der Waals surface area contributed by atoms with E-state index in [-0.39, 0.29) is 6.04 Å². The Morgan fingerprint density at radius 1 is 1.20 bits per heavy atom. The van der Waals surface area contributed by atoms with E-state index in [0.29, 0.717) is 0 Å². The van der Waals surface area contributed by atoms with Crippen molar-refractivity contribution in [1.29, 1.82) is 0 Å². The molecule has 2 aromatic carbocycles. The van der Waals surface area contributed by atoms with Crippen LogP contribution >= 0.6 is 15.9 Å². The van der Waals surface area contributed by atoms with Crippen molar-refractivity contribution in [2.24, 2.45) is 0 Å². The molecule has 0 spiro atoms. The monoisotopic (exact) mass is 333 g/mol. The molecular weight excluding hydrogens is 314 g/mol. The molecule has 0 amide bonds. The zero-order valence-corrected chi connectivity index (χ0v) is 13.7. The van der Waals surface area contributed by atoms with Crippen LogP contribution in [0, 0.1) is 6.92 Å². The fourth-order valence-corrected chi connectivity index (χ4v) is 2.63. The average molecular weight is 334 g/mol. The Labute approximate surface area is 129 Å².